The van der Waals surface area contributed by atoms with E-state index in [-0.39, 0.29) is 11.7 Å². The van der Waals surface area contributed by atoms with Crippen LogP contribution < -0.4 is 9.80 Å². The summed E-state index contributed by atoms with van der Waals surface area (Å²) in [6, 6.07) is 22.5. The number of thioether (sulfide) groups is 1. The van der Waals surface area contributed by atoms with Gasteiger partial charge in [0.25, 0.3) is 5.91 Å². The summed E-state index contributed by atoms with van der Waals surface area (Å²) >= 11 is 1.31. The lowest BCUT2D eigenvalue weighted by molar-refractivity contribution is -0.113. The predicted octanol–water partition coefficient (Wildman–Crippen LogP) is 6.54. The lowest BCUT2D eigenvalue weighted by Crippen LogP contribution is -2.28. The quantitative estimate of drug-likeness (QED) is 0.417. The number of para-hydroxylation sites is 2. The van der Waals surface area contributed by atoms with Gasteiger partial charge < -0.3 is 4.90 Å². The number of benzene rings is 3. The Hall–Kier alpha value is -3.38. The van der Waals surface area contributed by atoms with Crippen molar-refractivity contribution in [1.82, 2.24) is 0 Å². The van der Waals surface area contributed by atoms with E-state index in [1.165, 1.54) is 11.8 Å². The van der Waals surface area contributed by atoms with Gasteiger partial charge >= 0.3 is 0 Å². The number of aryl methyl sites for hydroxylation is 1. The summed E-state index contributed by atoms with van der Waals surface area (Å²) < 4.78 is 15.0. The number of nitrogens with zero attached hydrogens (tertiary/aromatic N) is 3. The number of hydrogen-bond donors (Lipinski definition) is 0. The number of amides is 1. The molecule has 1 amide bonds. The molecule has 2 aliphatic heterocycles. The van der Waals surface area contributed by atoms with Crippen molar-refractivity contribution in [1.29, 1.82) is 0 Å². The molecule has 0 unspecified atom stereocenters. The number of halogens is 1. The Kier molecular flexibility index (Phi) is 6.01. The largest absolute Gasteiger partial charge is 0.369 e. The van der Waals surface area contributed by atoms with Crippen LogP contribution in [-0.2, 0) is 4.79 Å². The van der Waals surface area contributed by atoms with Crippen LogP contribution in [0.25, 0.3) is 6.08 Å². The van der Waals surface area contributed by atoms with Gasteiger partial charge in [-0.15, -0.1) is 0 Å². The highest BCUT2D eigenvalue weighted by molar-refractivity contribution is 8.19. The Balaban J connectivity index is 1.53. The van der Waals surface area contributed by atoms with Gasteiger partial charge in [-0.25, -0.2) is 9.38 Å². The normalized spacial score (nSPS) is 18.7. The molecule has 2 aliphatic rings. The summed E-state index contributed by atoms with van der Waals surface area (Å²) in [5.74, 6) is -0.410. The molecule has 0 atom stereocenters. The molecule has 0 aromatic heterocycles. The first kappa shape index (κ1) is 21.5. The highest BCUT2D eigenvalue weighted by Gasteiger charge is 2.35. The molecule has 0 aliphatic carbocycles. The van der Waals surface area contributed by atoms with Crippen LogP contribution in [0.3, 0.4) is 0 Å². The molecule has 2 fully saturated rings. The van der Waals surface area contributed by atoms with Gasteiger partial charge in [-0.3, -0.25) is 9.69 Å². The van der Waals surface area contributed by atoms with Crippen LogP contribution in [0.15, 0.2) is 82.7 Å². The molecule has 3 aromatic rings. The third kappa shape index (κ3) is 4.44. The van der Waals surface area contributed by atoms with Crippen molar-refractivity contribution < 1.29 is 9.18 Å². The average molecular weight is 458 g/mol. The Morgan fingerprint density at radius 2 is 1.64 bits per heavy atom. The fourth-order valence-corrected chi connectivity index (χ4v) is 5.14. The van der Waals surface area contributed by atoms with E-state index in [4.69, 9.17) is 4.99 Å². The topological polar surface area (TPSA) is 35.9 Å². The maximum Gasteiger partial charge on any atom is 0.271 e. The van der Waals surface area contributed by atoms with Crippen LogP contribution >= 0.6 is 11.8 Å². The van der Waals surface area contributed by atoms with Crippen LogP contribution in [0.1, 0.15) is 24.0 Å². The minimum Gasteiger partial charge on any atom is -0.369 e. The maximum atomic E-state index is 15.0. The number of aliphatic imine (C=N–C) groups is 1. The molecule has 0 N–H and O–H groups in total. The number of hydrogen-bond acceptors (Lipinski definition) is 4. The molecule has 166 valence electrons. The zero-order valence-electron chi connectivity index (χ0n) is 18.4. The second kappa shape index (κ2) is 9.24. The Morgan fingerprint density at radius 3 is 2.33 bits per heavy atom. The minimum atomic E-state index is -0.247. The van der Waals surface area contributed by atoms with Gasteiger partial charge in [-0.1, -0.05) is 36.4 Å². The summed E-state index contributed by atoms with van der Waals surface area (Å²) in [7, 11) is 0. The van der Waals surface area contributed by atoms with Gasteiger partial charge in [0.15, 0.2) is 5.17 Å². The van der Waals surface area contributed by atoms with Gasteiger partial charge in [0.05, 0.1) is 22.0 Å². The molecule has 0 spiro atoms. The summed E-state index contributed by atoms with van der Waals surface area (Å²) in [6.45, 7) is 3.73. The highest BCUT2D eigenvalue weighted by atomic mass is 32.2. The molecule has 2 heterocycles. The van der Waals surface area contributed by atoms with Crippen molar-refractivity contribution in [2.75, 3.05) is 22.9 Å². The number of rotatable bonds is 4. The summed E-state index contributed by atoms with van der Waals surface area (Å²) in [6.07, 6.45) is 3.96. The number of carbonyl (C=O) groups is 1. The first-order chi connectivity index (χ1) is 16.1. The smallest absolute Gasteiger partial charge is 0.271 e. The predicted molar refractivity (Wildman–Crippen MR) is 136 cm³/mol. The van der Waals surface area contributed by atoms with Gasteiger partial charge in [-0.2, -0.15) is 0 Å². The second-order valence-electron chi connectivity index (χ2n) is 8.17. The molecule has 0 saturated carbocycles. The monoisotopic (exact) mass is 457 g/mol. The van der Waals surface area contributed by atoms with Gasteiger partial charge in [0.1, 0.15) is 5.82 Å². The highest BCUT2D eigenvalue weighted by Crippen LogP contribution is 2.38. The third-order valence-electron chi connectivity index (χ3n) is 5.87. The zero-order valence-corrected chi connectivity index (χ0v) is 19.2. The molecular formula is C27H24FN3OS. The average Bonchev–Trinajstić information content (AvgIpc) is 3.46. The third-order valence-corrected chi connectivity index (χ3v) is 6.84. The molecule has 4 nitrogen and oxygen atoms in total. The molecular weight excluding hydrogens is 433 g/mol. The zero-order chi connectivity index (χ0) is 22.8. The van der Waals surface area contributed by atoms with E-state index in [1.807, 2.05) is 73.7 Å². The Labute approximate surface area is 197 Å². The van der Waals surface area contributed by atoms with E-state index >= 15 is 0 Å². The van der Waals surface area contributed by atoms with Crippen molar-refractivity contribution in [3.05, 3.63) is 94.6 Å². The standard InChI is InChI=1S/C27H24FN3OS/c1-19-16-24(30-14-8-9-15-30)23(28)17-20(19)18-25-26(32)31(22-12-6-3-7-13-22)27(33-25)29-21-10-4-2-5-11-21/h2-7,10-13,16-18H,8-9,14-15H2,1H3. The van der Waals surface area contributed by atoms with Crippen LogP contribution in [0, 0.1) is 12.7 Å². The number of carbonyl (C=O) groups excluding carboxylic acids is 1. The fraction of sp³-hybridized carbons (Fsp3) is 0.185. The lowest BCUT2D eigenvalue weighted by atomic mass is 10.1. The van der Waals surface area contributed by atoms with Crippen molar-refractivity contribution in [3.8, 4) is 0 Å². The van der Waals surface area contributed by atoms with E-state index in [0.29, 0.717) is 21.3 Å². The second-order valence-corrected chi connectivity index (χ2v) is 9.18. The van der Waals surface area contributed by atoms with Crippen molar-refractivity contribution in [2.24, 2.45) is 4.99 Å². The Morgan fingerprint density at radius 1 is 0.970 bits per heavy atom. The van der Waals surface area contributed by atoms with Gasteiger partial charge in [-0.05, 0) is 85.1 Å². The molecule has 6 heteroatoms. The number of anilines is 2. The van der Waals surface area contributed by atoms with E-state index in [2.05, 4.69) is 4.90 Å². The molecule has 0 radical (unpaired) electrons. The lowest BCUT2D eigenvalue weighted by Gasteiger charge is -2.19. The summed E-state index contributed by atoms with van der Waals surface area (Å²) in [5, 5.41) is 0.579. The first-order valence-electron chi connectivity index (χ1n) is 11.1. The maximum absolute atomic E-state index is 15.0. The van der Waals surface area contributed by atoms with Crippen molar-refractivity contribution in [2.45, 2.75) is 19.8 Å². The molecule has 5 rings (SSSR count). The van der Waals surface area contributed by atoms with Crippen molar-refractivity contribution >= 4 is 46.0 Å². The van der Waals surface area contributed by atoms with E-state index in [1.54, 1.807) is 17.0 Å². The van der Waals surface area contributed by atoms with Gasteiger partial charge in [0.2, 0.25) is 0 Å². The molecule has 3 aromatic carbocycles. The molecule has 0 bridgehead atoms. The van der Waals surface area contributed by atoms with E-state index in [0.717, 1.165) is 42.9 Å². The van der Waals surface area contributed by atoms with E-state index < -0.39 is 0 Å². The Bertz CT molecular complexity index is 1230. The summed E-state index contributed by atoms with van der Waals surface area (Å²) in [4.78, 5) is 22.4. The minimum absolute atomic E-state index is 0.163. The van der Waals surface area contributed by atoms with Crippen molar-refractivity contribution in [3.63, 3.8) is 0 Å². The SMILES string of the molecule is Cc1cc(N2CCCC2)c(F)cc1C=C1SC(=Nc2ccccc2)N(c2ccccc2)C1=O. The number of amidine groups is 1. The van der Waals surface area contributed by atoms with Crippen LogP contribution in [0.4, 0.5) is 21.5 Å². The van der Waals surface area contributed by atoms with E-state index in [9.17, 15) is 9.18 Å². The summed E-state index contributed by atoms with van der Waals surface area (Å²) in [5.41, 5.74) is 3.82. The van der Waals surface area contributed by atoms with Gasteiger partial charge in [0, 0.05) is 13.1 Å². The molecule has 2 saturated heterocycles. The molecule has 33 heavy (non-hydrogen) atoms. The van der Waals surface area contributed by atoms with Crippen LogP contribution in [0.5, 0.6) is 0 Å². The van der Waals surface area contributed by atoms with Crippen LogP contribution in [-0.4, -0.2) is 24.2 Å². The first-order valence-corrected chi connectivity index (χ1v) is 11.9. The van der Waals surface area contributed by atoms with Crippen LogP contribution in [0.2, 0.25) is 0 Å². The fourth-order valence-electron chi connectivity index (χ4n) is 4.15.